The van der Waals surface area contributed by atoms with Crippen LogP contribution in [0, 0.1) is 6.92 Å². The fourth-order valence-corrected chi connectivity index (χ4v) is 1.54. The van der Waals surface area contributed by atoms with Gasteiger partial charge >= 0.3 is 0 Å². The van der Waals surface area contributed by atoms with Gasteiger partial charge in [0.2, 0.25) is 5.88 Å². The summed E-state index contributed by atoms with van der Waals surface area (Å²) in [5.41, 5.74) is 1.96. The topological polar surface area (TPSA) is 59.3 Å². The van der Waals surface area contributed by atoms with E-state index in [0.717, 1.165) is 17.1 Å². The van der Waals surface area contributed by atoms with E-state index >= 15 is 0 Å². The van der Waals surface area contributed by atoms with Crippen molar-refractivity contribution in [3.8, 4) is 5.88 Å². The summed E-state index contributed by atoms with van der Waals surface area (Å²) in [7, 11) is 1.85. The summed E-state index contributed by atoms with van der Waals surface area (Å²) in [4.78, 5) is 0. The van der Waals surface area contributed by atoms with Crippen molar-refractivity contribution in [2.24, 2.45) is 7.05 Å². The van der Waals surface area contributed by atoms with Gasteiger partial charge in [-0.2, -0.15) is 5.10 Å². The zero-order chi connectivity index (χ0) is 12.8. The van der Waals surface area contributed by atoms with Gasteiger partial charge in [0.05, 0.1) is 17.9 Å². The van der Waals surface area contributed by atoms with E-state index in [9.17, 15) is 0 Å². The second-order valence-corrected chi connectivity index (χ2v) is 4.06. The molecule has 2 N–H and O–H groups in total. The lowest BCUT2D eigenvalue weighted by Crippen LogP contribution is -2.29. The minimum Gasteiger partial charge on any atom is -0.473 e. The van der Waals surface area contributed by atoms with Gasteiger partial charge in [0.25, 0.3) is 0 Å². The third-order valence-electron chi connectivity index (χ3n) is 2.53. The molecule has 0 spiro atoms. The Bertz CT molecular complexity index is 374. The summed E-state index contributed by atoms with van der Waals surface area (Å²) in [6.07, 6.45) is 1.70. The van der Waals surface area contributed by atoms with Crippen LogP contribution in [-0.2, 0) is 13.6 Å². The SMILES string of the molecule is C=CCOc1c(CN[C@H](C)CO)c(C)nn1C. The van der Waals surface area contributed by atoms with Crippen molar-refractivity contribution in [3.05, 3.63) is 23.9 Å². The van der Waals surface area contributed by atoms with Gasteiger partial charge in [-0.3, -0.25) is 0 Å². The molecule has 0 amide bonds. The zero-order valence-corrected chi connectivity index (χ0v) is 10.7. The number of nitrogens with one attached hydrogen (secondary N) is 1. The molecule has 0 saturated heterocycles. The maximum atomic E-state index is 8.97. The second-order valence-electron chi connectivity index (χ2n) is 4.06. The van der Waals surface area contributed by atoms with Gasteiger partial charge in [-0.15, -0.1) is 0 Å². The minimum atomic E-state index is 0.0573. The number of hydrogen-bond acceptors (Lipinski definition) is 4. The van der Waals surface area contributed by atoms with E-state index in [-0.39, 0.29) is 12.6 Å². The van der Waals surface area contributed by atoms with E-state index in [1.54, 1.807) is 10.8 Å². The molecule has 0 aliphatic heterocycles. The van der Waals surface area contributed by atoms with Gasteiger partial charge in [-0.25, -0.2) is 4.68 Å². The molecular weight excluding hydrogens is 218 g/mol. The Hall–Kier alpha value is -1.33. The number of rotatable bonds is 7. The van der Waals surface area contributed by atoms with Crippen LogP contribution >= 0.6 is 0 Å². The van der Waals surface area contributed by atoms with Crippen molar-refractivity contribution in [2.45, 2.75) is 26.4 Å². The molecule has 0 aromatic carbocycles. The van der Waals surface area contributed by atoms with Crippen LogP contribution in [0.25, 0.3) is 0 Å². The molecule has 0 saturated carbocycles. The monoisotopic (exact) mass is 239 g/mol. The van der Waals surface area contributed by atoms with Crippen LogP contribution in [0.3, 0.4) is 0 Å². The minimum absolute atomic E-state index is 0.0573. The van der Waals surface area contributed by atoms with E-state index < -0.39 is 0 Å². The van der Waals surface area contributed by atoms with E-state index in [2.05, 4.69) is 17.0 Å². The molecule has 5 nitrogen and oxygen atoms in total. The fraction of sp³-hybridized carbons (Fsp3) is 0.583. The average molecular weight is 239 g/mol. The quantitative estimate of drug-likeness (QED) is 0.690. The number of aromatic nitrogens is 2. The molecule has 0 unspecified atom stereocenters. The third kappa shape index (κ3) is 3.57. The van der Waals surface area contributed by atoms with E-state index in [4.69, 9.17) is 9.84 Å². The third-order valence-corrected chi connectivity index (χ3v) is 2.53. The van der Waals surface area contributed by atoms with E-state index in [1.165, 1.54) is 0 Å². The van der Waals surface area contributed by atoms with E-state index in [0.29, 0.717) is 13.2 Å². The zero-order valence-electron chi connectivity index (χ0n) is 10.7. The summed E-state index contributed by atoms with van der Waals surface area (Å²) in [6, 6.07) is 0.0573. The molecule has 0 radical (unpaired) electrons. The lowest BCUT2D eigenvalue weighted by Gasteiger charge is -2.12. The predicted molar refractivity (Wildman–Crippen MR) is 67.0 cm³/mol. The molecule has 1 heterocycles. The van der Waals surface area contributed by atoms with Gasteiger partial charge in [-0.1, -0.05) is 12.7 Å². The number of hydrogen-bond donors (Lipinski definition) is 2. The number of ether oxygens (including phenoxy) is 1. The van der Waals surface area contributed by atoms with Crippen molar-refractivity contribution in [1.29, 1.82) is 0 Å². The van der Waals surface area contributed by atoms with Crippen LogP contribution in [-0.4, -0.2) is 34.1 Å². The van der Waals surface area contributed by atoms with Crippen LogP contribution < -0.4 is 10.1 Å². The molecule has 5 heteroatoms. The molecule has 0 bridgehead atoms. The smallest absolute Gasteiger partial charge is 0.216 e. The van der Waals surface area contributed by atoms with Crippen molar-refractivity contribution in [3.63, 3.8) is 0 Å². The second kappa shape index (κ2) is 6.42. The van der Waals surface area contributed by atoms with Gasteiger partial charge in [0, 0.05) is 19.6 Å². The molecule has 0 fully saturated rings. The molecule has 1 aromatic rings. The Morgan fingerprint density at radius 1 is 1.65 bits per heavy atom. The highest BCUT2D eigenvalue weighted by Crippen LogP contribution is 2.21. The molecule has 17 heavy (non-hydrogen) atoms. The van der Waals surface area contributed by atoms with Crippen molar-refractivity contribution in [1.82, 2.24) is 15.1 Å². The van der Waals surface area contributed by atoms with Crippen LogP contribution in [0.1, 0.15) is 18.2 Å². The van der Waals surface area contributed by atoms with Crippen LogP contribution in [0.5, 0.6) is 5.88 Å². The molecule has 0 aliphatic rings. The van der Waals surface area contributed by atoms with Crippen molar-refractivity contribution < 1.29 is 9.84 Å². The van der Waals surface area contributed by atoms with Crippen molar-refractivity contribution in [2.75, 3.05) is 13.2 Å². The summed E-state index contributed by atoms with van der Waals surface area (Å²) in [5.74, 6) is 0.750. The Balaban J connectivity index is 2.77. The molecule has 0 aliphatic carbocycles. The maximum Gasteiger partial charge on any atom is 0.216 e. The molecule has 1 atom stereocenters. The van der Waals surface area contributed by atoms with Crippen molar-refractivity contribution >= 4 is 0 Å². The van der Waals surface area contributed by atoms with Crippen LogP contribution in [0.4, 0.5) is 0 Å². The van der Waals surface area contributed by atoms with Gasteiger partial charge < -0.3 is 15.2 Å². The molecule has 96 valence electrons. The lowest BCUT2D eigenvalue weighted by atomic mass is 10.2. The number of aliphatic hydroxyl groups excluding tert-OH is 1. The normalized spacial score (nSPS) is 12.5. The first-order valence-electron chi connectivity index (χ1n) is 5.70. The highest BCUT2D eigenvalue weighted by atomic mass is 16.5. The van der Waals surface area contributed by atoms with Gasteiger partial charge in [0.1, 0.15) is 6.61 Å². The summed E-state index contributed by atoms with van der Waals surface area (Å²) in [6.45, 7) is 8.70. The number of nitrogens with zero attached hydrogens (tertiary/aromatic N) is 2. The summed E-state index contributed by atoms with van der Waals surface area (Å²) >= 11 is 0. The maximum absolute atomic E-state index is 8.97. The van der Waals surface area contributed by atoms with Gasteiger partial charge in [-0.05, 0) is 13.8 Å². The van der Waals surface area contributed by atoms with Crippen LogP contribution in [0.2, 0.25) is 0 Å². The summed E-state index contributed by atoms with van der Waals surface area (Å²) in [5, 5.41) is 16.5. The molecule has 1 aromatic heterocycles. The number of aryl methyl sites for hydroxylation is 2. The first-order chi connectivity index (χ1) is 8.10. The summed E-state index contributed by atoms with van der Waals surface area (Å²) < 4.78 is 7.31. The first kappa shape index (κ1) is 13.7. The van der Waals surface area contributed by atoms with Crippen LogP contribution in [0.15, 0.2) is 12.7 Å². The highest BCUT2D eigenvalue weighted by Gasteiger charge is 2.14. The van der Waals surface area contributed by atoms with Gasteiger partial charge in [0.15, 0.2) is 0 Å². The Morgan fingerprint density at radius 2 is 2.35 bits per heavy atom. The Morgan fingerprint density at radius 3 is 2.94 bits per heavy atom. The molecular formula is C12H21N3O2. The largest absolute Gasteiger partial charge is 0.473 e. The predicted octanol–water partition coefficient (Wildman–Crippen LogP) is 0.764. The first-order valence-corrected chi connectivity index (χ1v) is 5.70. The number of aliphatic hydroxyl groups is 1. The fourth-order valence-electron chi connectivity index (χ4n) is 1.54. The standard InChI is InChI=1S/C12H21N3O2/c1-5-6-17-12-11(7-13-9(2)8-16)10(3)14-15(12)4/h5,9,13,16H,1,6-8H2,2-4H3/t9-/m1/s1. The van der Waals surface area contributed by atoms with E-state index in [1.807, 2.05) is 20.9 Å². The molecule has 1 rings (SSSR count). The average Bonchev–Trinajstić information content (AvgIpc) is 2.58. The lowest BCUT2D eigenvalue weighted by molar-refractivity contribution is 0.250. The highest BCUT2D eigenvalue weighted by molar-refractivity contribution is 5.31. The Labute approximate surface area is 102 Å². The Kier molecular flexibility index (Phi) is 5.18.